The number of hydrogen-bond acceptors (Lipinski definition) is 5. The topological polar surface area (TPSA) is 88.5 Å². The predicted molar refractivity (Wildman–Crippen MR) is 114 cm³/mol. The standard InChI is InChI=1S/C24H24N2O4/c1-16(27)18-6-4-7-20(14-18)30-23-21(8-5-13-25-23)22(28)26-15-17-9-11-19(12-10-17)24(2,3)29/h4-14,29H,15H2,1-3H3,(H,26,28). The Hall–Kier alpha value is -3.51. The van der Waals surface area contributed by atoms with Crippen molar-refractivity contribution >= 4 is 11.7 Å². The van der Waals surface area contributed by atoms with Crippen LogP contribution in [0.25, 0.3) is 0 Å². The Kier molecular flexibility index (Phi) is 6.28. The van der Waals surface area contributed by atoms with Gasteiger partial charge >= 0.3 is 0 Å². The number of Topliss-reactive ketones (excluding diaryl/α,β-unsaturated/α-hetero) is 1. The highest BCUT2D eigenvalue weighted by Gasteiger charge is 2.16. The van der Waals surface area contributed by atoms with E-state index in [0.717, 1.165) is 11.1 Å². The molecule has 0 fully saturated rings. The third-order valence-electron chi connectivity index (χ3n) is 4.58. The zero-order chi connectivity index (χ0) is 21.7. The van der Waals surface area contributed by atoms with Gasteiger partial charge in [-0.05, 0) is 56.2 Å². The molecule has 154 valence electrons. The molecule has 1 aromatic heterocycles. The van der Waals surface area contributed by atoms with Crippen molar-refractivity contribution in [2.24, 2.45) is 0 Å². The van der Waals surface area contributed by atoms with E-state index >= 15 is 0 Å². The van der Waals surface area contributed by atoms with Crippen molar-refractivity contribution in [3.8, 4) is 11.6 Å². The van der Waals surface area contributed by atoms with Crippen LogP contribution in [0.1, 0.15) is 52.6 Å². The van der Waals surface area contributed by atoms with Crippen molar-refractivity contribution in [2.75, 3.05) is 0 Å². The maximum absolute atomic E-state index is 12.7. The zero-order valence-electron chi connectivity index (χ0n) is 17.2. The minimum absolute atomic E-state index is 0.0740. The van der Waals surface area contributed by atoms with E-state index in [-0.39, 0.29) is 17.6 Å². The number of carbonyl (C=O) groups is 2. The zero-order valence-corrected chi connectivity index (χ0v) is 17.2. The molecule has 3 aromatic rings. The van der Waals surface area contributed by atoms with Gasteiger partial charge in [0.1, 0.15) is 11.3 Å². The van der Waals surface area contributed by atoms with Crippen LogP contribution < -0.4 is 10.1 Å². The summed E-state index contributed by atoms with van der Waals surface area (Å²) in [6.07, 6.45) is 1.54. The number of ether oxygens (including phenoxy) is 1. The molecule has 6 nitrogen and oxygen atoms in total. The monoisotopic (exact) mass is 404 g/mol. The third-order valence-corrected chi connectivity index (χ3v) is 4.58. The number of carbonyl (C=O) groups excluding carboxylic acids is 2. The maximum atomic E-state index is 12.7. The average Bonchev–Trinajstić information content (AvgIpc) is 2.72. The van der Waals surface area contributed by atoms with Gasteiger partial charge in [0.2, 0.25) is 5.88 Å². The van der Waals surface area contributed by atoms with Crippen LogP contribution in [0, 0.1) is 0 Å². The molecule has 0 saturated carbocycles. The highest BCUT2D eigenvalue weighted by molar-refractivity contribution is 5.96. The Labute approximate surface area is 175 Å². The molecule has 0 atom stereocenters. The highest BCUT2D eigenvalue weighted by Crippen LogP contribution is 2.24. The number of pyridine rings is 1. The van der Waals surface area contributed by atoms with Crippen molar-refractivity contribution in [3.05, 3.63) is 89.1 Å². The molecule has 0 saturated heterocycles. The van der Waals surface area contributed by atoms with Crippen LogP contribution in [-0.4, -0.2) is 21.8 Å². The van der Waals surface area contributed by atoms with E-state index < -0.39 is 5.60 Å². The molecular weight excluding hydrogens is 380 g/mol. The fourth-order valence-electron chi connectivity index (χ4n) is 2.84. The first-order valence-corrected chi connectivity index (χ1v) is 9.58. The molecule has 0 unspecified atom stereocenters. The van der Waals surface area contributed by atoms with Gasteiger partial charge in [-0.25, -0.2) is 4.98 Å². The number of aromatic nitrogens is 1. The van der Waals surface area contributed by atoms with E-state index in [1.165, 1.54) is 13.1 Å². The van der Waals surface area contributed by atoms with Crippen molar-refractivity contribution in [2.45, 2.75) is 32.9 Å². The SMILES string of the molecule is CC(=O)c1cccc(Oc2ncccc2C(=O)NCc2ccc(C(C)(C)O)cc2)c1. The number of nitrogens with one attached hydrogen (secondary N) is 1. The van der Waals surface area contributed by atoms with Crippen LogP contribution in [0.15, 0.2) is 66.9 Å². The number of amides is 1. The molecule has 6 heteroatoms. The van der Waals surface area contributed by atoms with Gasteiger partial charge in [0, 0.05) is 18.3 Å². The molecule has 3 rings (SSSR count). The Morgan fingerprint density at radius 1 is 1.07 bits per heavy atom. The highest BCUT2D eigenvalue weighted by atomic mass is 16.5. The van der Waals surface area contributed by atoms with E-state index in [1.54, 1.807) is 50.2 Å². The average molecular weight is 404 g/mol. The molecular formula is C24H24N2O4. The van der Waals surface area contributed by atoms with Gasteiger partial charge in [0.25, 0.3) is 5.91 Å². The lowest BCUT2D eigenvalue weighted by Crippen LogP contribution is -2.23. The molecule has 0 aliphatic heterocycles. The van der Waals surface area contributed by atoms with Gasteiger partial charge in [0.05, 0.1) is 5.60 Å². The van der Waals surface area contributed by atoms with Gasteiger partial charge in [-0.2, -0.15) is 0 Å². The van der Waals surface area contributed by atoms with Crippen molar-refractivity contribution < 1.29 is 19.4 Å². The third kappa shape index (κ3) is 5.30. The van der Waals surface area contributed by atoms with Crippen molar-refractivity contribution in [3.63, 3.8) is 0 Å². The first kappa shape index (κ1) is 21.2. The summed E-state index contributed by atoms with van der Waals surface area (Å²) in [6.45, 7) is 5.24. The van der Waals surface area contributed by atoms with E-state index in [9.17, 15) is 14.7 Å². The summed E-state index contributed by atoms with van der Waals surface area (Å²) in [5.41, 5.74) is 1.59. The van der Waals surface area contributed by atoms with E-state index in [1.807, 2.05) is 24.3 Å². The molecule has 0 spiro atoms. The summed E-state index contributed by atoms with van der Waals surface area (Å²) in [7, 11) is 0. The van der Waals surface area contributed by atoms with Gasteiger partial charge < -0.3 is 15.2 Å². The summed E-state index contributed by atoms with van der Waals surface area (Å²) >= 11 is 0. The summed E-state index contributed by atoms with van der Waals surface area (Å²) in [6, 6.07) is 17.4. The largest absolute Gasteiger partial charge is 0.438 e. The molecule has 0 radical (unpaired) electrons. The fraction of sp³-hybridized carbons (Fsp3) is 0.208. The molecule has 2 aromatic carbocycles. The second kappa shape index (κ2) is 8.88. The number of rotatable bonds is 7. The van der Waals surface area contributed by atoms with E-state index in [0.29, 0.717) is 23.4 Å². The summed E-state index contributed by atoms with van der Waals surface area (Å²) in [5.74, 6) is 0.188. The summed E-state index contributed by atoms with van der Waals surface area (Å²) in [5, 5.41) is 12.9. The second-order valence-corrected chi connectivity index (χ2v) is 7.48. The maximum Gasteiger partial charge on any atom is 0.257 e. The van der Waals surface area contributed by atoms with Crippen LogP contribution in [0.4, 0.5) is 0 Å². The van der Waals surface area contributed by atoms with Crippen molar-refractivity contribution in [1.82, 2.24) is 10.3 Å². The smallest absolute Gasteiger partial charge is 0.257 e. The van der Waals surface area contributed by atoms with Crippen LogP contribution in [0.5, 0.6) is 11.6 Å². The predicted octanol–water partition coefficient (Wildman–Crippen LogP) is 4.23. The van der Waals surface area contributed by atoms with E-state index in [4.69, 9.17) is 4.74 Å². The van der Waals surface area contributed by atoms with Gasteiger partial charge in [-0.15, -0.1) is 0 Å². The number of ketones is 1. The number of hydrogen-bond donors (Lipinski definition) is 2. The van der Waals surface area contributed by atoms with Gasteiger partial charge in [-0.1, -0.05) is 36.4 Å². The van der Waals surface area contributed by atoms with Crippen LogP contribution in [0.3, 0.4) is 0 Å². The van der Waals surface area contributed by atoms with Crippen LogP contribution in [-0.2, 0) is 12.1 Å². The fourth-order valence-corrected chi connectivity index (χ4v) is 2.84. The lowest BCUT2D eigenvalue weighted by atomic mass is 9.97. The molecule has 0 aliphatic rings. The Bertz CT molecular complexity index is 1050. The van der Waals surface area contributed by atoms with Crippen LogP contribution >= 0.6 is 0 Å². The molecule has 2 N–H and O–H groups in total. The minimum Gasteiger partial charge on any atom is -0.438 e. The Morgan fingerprint density at radius 3 is 2.47 bits per heavy atom. The molecule has 1 heterocycles. The lowest BCUT2D eigenvalue weighted by Gasteiger charge is -2.18. The Morgan fingerprint density at radius 2 is 1.80 bits per heavy atom. The quantitative estimate of drug-likeness (QED) is 0.575. The minimum atomic E-state index is -0.913. The summed E-state index contributed by atoms with van der Waals surface area (Å²) < 4.78 is 5.77. The Balaban J connectivity index is 1.71. The molecule has 0 aliphatic carbocycles. The van der Waals surface area contributed by atoms with Crippen LogP contribution in [0.2, 0.25) is 0 Å². The number of aliphatic hydroxyl groups is 1. The van der Waals surface area contributed by atoms with Gasteiger partial charge in [-0.3, -0.25) is 9.59 Å². The normalized spacial score (nSPS) is 11.1. The number of benzene rings is 2. The van der Waals surface area contributed by atoms with Gasteiger partial charge in [0.15, 0.2) is 5.78 Å². The molecule has 1 amide bonds. The summed E-state index contributed by atoms with van der Waals surface area (Å²) in [4.78, 5) is 28.4. The first-order valence-electron chi connectivity index (χ1n) is 9.58. The number of nitrogens with zero attached hydrogens (tertiary/aromatic N) is 1. The molecule has 0 bridgehead atoms. The first-order chi connectivity index (χ1) is 14.2. The van der Waals surface area contributed by atoms with E-state index in [2.05, 4.69) is 10.3 Å². The lowest BCUT2D eigenvalue weighted by molar-refractivity contribution is 0.0785. The second-order valence-electron chi connectivity index (χ2n) is 7.48. The molecule has 30 heavy (non-hydrogen) atoms. The van der Waals surface area contributed by atoms with Crippen molar-refractivity contribution in [1.29, 1.82) is 0 Å².